The van der Waals surface area contributed by atoms with E-state index in [0.29, 0.717) is 0 Å². The van der Waals surface area contributed by atoms with Gasteiger partial charge in [0.2, 0.25) is 0 Å². The minimum absolute atomic E-state index is 1.03. The summed E-state index contributed by atoms with van der Waals surface area (Å²) in [6.45, 7) is 2.19. The van der Waals surface area contributed by atoms with Crippen molar-refractivity contribution >= 4 is 21.6 Å². The third-order valence-corrected chi connectivity index (χ3v) is 4.09. The van der Waals surface area contributed by atoms with Crippen LogP contribution >= 0.6 is 11.3 Å². The van der Waals surface area contributed by atoms with Crippen LogP contribution < -0.4 is 0 Å². The number of benzene rings is 1. The smallest absolute Gasteiger partial charge is 0.127 e. The molecule has 0 N–H and O–H groups in total. The van der Waals surface area contributed by atoms with E-state index in [1.54, 1.807) is 17.7 Å². The van der Waals surface area contributed by atoms with Gasteiger partial charge in [0.25, 0.3) is 0 Å². The van der Waals surface area contributed by atoms with Crippen LogP contribution in [0.3, 0.4) is 0 Å². The molecule has 84 valence electrons. The van der Waals surface area contributed by atoms with Crippen molar-refractivity contribution in [1.29, 1.82) is 0 Å². The van der Waals surface area contributed by atoms with Crippen LogP contribution in [0.4, 0.5) is 0 Å². The molecule has 0 aliphatic carbocycles. The standard InChI is InChI=1S/C14H12N2S/c1-2-12-13(10-6-4-3-5-7-10)11-8-15-9-16-14(11)17-12/h3-9H,2H2,1H3. The summed E-state index contributed by atoms with van der Waals surface area (Å²) < 4.78 is 0. The molecule has 17 heavy (non-hydrogen) atoms. The SMILES string of the molecule is CCc1sc2ncncc2c1-c1ccccc1. The fraction of sp³-hybridized carbons (Fsp3) is 0.143. The van der Waals surface area contributed by atoms with Gasteiger partial charge in [0, 0.05) is 22.0 Å². The maximum Gasteiger partial charge on any atom is 0.127 e. The van der Waals surface area contributed by atoms with Gasteiger partial charge in [-0.15, -0.1) is 11.3 Å². The maximum absolute atomic E-state index is 4.34. The number of aromatic nitrogens is 2. The van der Waals surface area contributed by atoms with E-state index in [1.807, 2.05) is 12.3 Å². The average Bonchev–Trinajstić information content (AvgIpc) is 2.78. The molecule has 0 unspecified atom stereocenters. The van der Waals surface area contributed by atoms with Crippen LogP contribution in [0.1, 0.15) is 11.8 Å². The van der Waals surface area contributed by atoms with E-state index in [2.05, 4.69) is 41.2 Å². The fourth-order valence-corrected chi connectivity index (χ4v) is 3.13. The number of fused-ring (bicyclic) bond motifs is 1. The van der Waals surface area contributed by atoms with Crippen LogP contribution in [-0.2, 0) is 6.42 Å². The monoisotopic (exact) mass is 240 g/mol. The average molecular weight is 240 g/mol. The van der Waals surface area contributed by atoms with Crippen molar-refractivity contribution in [3.8, 4) is 11.1 Å². The Balaban J connectivity index is 2.34. The molecule has 0 fully saturated rings. The first-order valence-corrected chi connectivity index (χ1v) is 6.48. The first-order chi connectivity index (χ1) is 8.40. The van der Waals surface area contributed by atoms with Crippen molar-refractivity contribution in [2.45, 2.75) is 13.3 Å². The van der Waals surface area contributed by atoms with Crippen molar-refractivity contribution in [3.05, 3.63) is 47.7 Å². The number of thiophene rings is 1. The van der Waals surface area contributed by atoms with E-state index in [9.17, 15) is 0 Å². The van der Waals surface area contributed by atoms with Crippen LogP contribution in [0.15, 0.2) is 42.9 Å². The van der Waals surface area contributed by atoms with Gasteiger partial charge in [-0.3, -0.25) is 0 Å². The summed E-state index contributed by atoms with van der Waals surface area (Å²) in [5.41, 5.74) is 2.55. The molecule has 0 atom stereocenters. The highest BCUT2D eigenvalue weighted by Crippen LogP contribution is 2.37. The minimum Gasteiger partial charge on any atom is -0.244 e. The fourth-order valence-electron chi connectivity index (χ4n) is 2.06. The molecule has 3 aromatic rings. The molecular formula is C14H12N2S. The van der Waals surface area contributed by atoms with Gasteiger partial charge in [-0.2, -0.15) is 0 Å². The molecule has 2 aromatic heterocycles. The van der Waals surface area contributed by atoms with Gasteiger partial charge >= 0.3 is 0 Å². The summed E-state index contributed by atoms with van der Waals surface area (Å²) in [5, 5.41) is 1.17. The Bertz CT molecular complexity index is 644. The van der Waals surface area contributed by atoms with Gasteiger partial charge < -0.3 is 0 Å². The normalized spacial score (nSPS) is 10.9. The van der Waals surface area contributed by atoms with Crippen LogP contribution in [0.25, 0.3) is 21.3 Å². The van der Waals surface area contributed by atoms with Crippen LogP contribution in [0, 0.1) is 0 Å². The van der Waals surface area contributed by atoms with Crippen molar-refractivity contribution in [1.82, 2.24) is 9.97 Å². The Kier molecular flexibility index (Phi) is 2.61. The molecule has 3 rings (SSSR count). The van der Waals surface area contributed by atoms with Crippen molar-refractivity contribution < 1.29 is 0 Å². The predicted octanol–water partition coefficient (Wildman–Crippen LogP) is 3.92. The van der Waals surface area contributed by atoms with Crippen LogP contribution in [0.5, 0.6) is 0 Å². The molecule has 0 saturated carbocycles. The lowest BCUT2D eigenvalue weighted by Gasteiger charge is -2.02. The molecule has 0 bridgehead atoms. The van der Waals surface area contributed by atoms with Gasteiger partial charge in [-0.05, 0) is 12.0 Å². The van der Waals surface area contributed by atoms with E-state index in [0.717, 1.165) is 11.3 Å². The molecule has 3 heteroatoms. The first kappa shape index (κ1) is 10.4. The topological polar surface area (TPSA) is 25.8 Å². The highest BCUT2D eigenvalue weighted by Gasteiger charge is 2.13. The highest BCUT2D eigenvalue weighted by molar-refractivity contribution is 7.19. The van der Waals surface area contributed by atoms with Gasteiger partial charge in [-0.25, -0.2) is 9.97 Å². The zero-order valence-electron chi connectivity index (χ0n) is 9.55. The zero-order chi connectivity index (χ0) is 11.7. The largest absolute Gasteiger partial charge is 0.244 e. The number of aryl methyl sites for hydroxylation is 1. The third-order valence-electron chi connectivity index (χ3n) is 2.83. The number of hydrogen-bond acceptors (Lipinski definition) is 3. The molecule has 1 aromatic carbocycles. The maximum atomic E-state index is 4.34. The summed E-state index contributed by atoms with van der Waals surface area (Å²) >= 11 is 1.77. The Labute approximate surface area is 104 Å². The molecule has 2 nitrogen and oxygen atoms in total. The molecule has 2 heterocycles. The Morgan fingerprint density at radius 1 is 1.18 bits per heavy atom. The van der Waals surface area contributed by atoms with Crippen molar-refractivity contribution in [2.24, 2.45) is 0 Å². The van der Waals surface area contributed by atoms with Crippen molar-refractivity contribution in [2.75, 3.05) is 0 Å². The molecule has 0 aliphatic rings. The highest BCUT2D eigenvalue weighted by atomic mass is 32.1. The Hall–Kier alpha value is -1.74. The molecule has 0 amide bonds. The third kappa shape index (κ3) is 1.72. The van der Waals surface area contributed by atoms with E-state index < -0.39 is 0 Å². The quantitative estimate of drug-likeness (QED) is 0.678. The molecule has 0 radical (unpaired) electrons. The number of nitrogens with zero attached hydrogens (tertiary/aromatic N) is 2. The summed E-state index contributed by atoms with van der Waals surface area (Å²) in [5.74, 6) is 0. The second kappa shape index (κ2) is 4.26. The number of rotatable bonds is 2. The molecule has 0 saturated heterocycles. The lowest BCUT2D eigenvalue weighted by Crippen LogP contribution is -1.82. The number of hydrogen-bond donors (Lipinski definition) is 0. The van der Waals surface area contributed by atoms with E-state index in [4.69, 9.17) is 0 Å². The van der Waals surface area contributed by atoms with Gasteiger partial charge in [0.05, 0.1) is 0 Å². The molecule has 0 spiro atoms. The second-order valence-electron chi connectivity index (χ2n) is 3.86. The van der Waals surface area contributed by atoms with Gasteiger partial charge in [0.1, 0.15) is 11.2 Å². The van der Waals surface area contributed by atoms with Gasteiger partial charge in [0.15, 0.2) is 0 Å². The van der Waals surface area contributed by atoms with Crippen LogP contribution in [-0.4, -0.2) is 9.97 Å². The Morgan fingerprint density at radius 3 is 2.76 bits per heavy atom. The lowest BCUT2D eigenvalue weighted by molar-refractivity contribution is 1.19. The van der Waals surface area contributed by atoms with Crippen LogP contribution in [0.2, 0.25) is 0 Å². The summed E-state index contributed by atoms with van der Waals surface area (Å²) in [6, 6.07) is 10.5. The molecular weight excluding hydrogens is 228 g/mol. The zero-order valence-corrected chi connectivity index (χ0v) is 10.4. The summed E-state index contributed by atoms with van der Waals surface area (Å²) in [7, 11) is 0. The minimum atomic E-state index is 1.03. The van der Waals surface area contributed by atoms with Gasteiger partial charge in [-0.1, -0.05) is 37.3 Å². The first-order valence-electron chi connectivity index (χ1n) is 5.67. The lowest BCUT2D eigenvalue weighted by atomic mass is 10.0. The second-order valence-corrected chi connectivity index (χ2v) is 4.95. The van der Waals surface area contributed by atoms with E-state index >= 15 is 0 Å². The van der Waals surface area contributed by atoms with E-state index in [-0.39, 0.29) is 0 Å². The molecule has 0 aliphatic heterocycles. The van der Waals surface area contributed by atoms with E-state index in [1.165, 1.54) is 21.4 Å². The summed E-state index contributed by atoms with van der Waals surface area (Å²) in [4.78, 5) is 10.9. The summed E-state index contributed by atoms with van der Waals surface area (Å²) in [6.07, 6.45) is 4.57. The Morgan fingerprint density at radius 2 is 2.00 bits per heavy atom. The van der Waals surface area contributed by atoms with Crippen molar-refractivity contribution in [3.63, 3.8) is 0 Å². The predicted molar refractivity (Wildman–Crippen MR) is 72.2 cm³/mol.